The van der Waals surface area contributed by atoms with E-state index in [4.69, 9.17) is 9.15 Å². The average Bonchev–Trinajstić information content (AvgIpc) is 3.25. The highest BCUT2D eigenvalue weighted by Crippen LogP contribution is 2.34. The van der Waals surface area contributed by atoms with Crippen molar-refractivity contribution in [1.82, 2.24) is 4.90 Å². The zero-order valence-electron chi connectivity index (χ0n) is 16.5. The molecule has 3 rings (SSSR count). The van der Waals surface area contributed by atoms with Gasteiger partial charge in [0, 0.05) is 5.56 Å². The number of methoxy groups -OCH3 is 1. The largest absolute Gasteiger partial charge is 0.497 e. The summed E-state index contributed by atoms with van der Waals surface area (Å²) in [5.41, 5.74) is -1.10. The Morgan fingerprint density at radius 2 is 1.84 bits per heavy atom. The SMILES string of the molecule is COc1cccc(C(=O)N(CC(=O)Nc2ccccc2C(F)(F)F)Cc2ccco2)c1. The highest BCUT2D eigenvalue weighted by Gasteiger charge is 2.33. The van der Waals surface area contributed by atoms with Gasteiger partial charge in [-0.2, -0.15) is 13.2 Å². The van der Waals surface area contributed by atoms with Crippen molar-refractivity contribution >= 4 is 17.5 Å². The molecule has 0 saturated heterocycles. The van der Waals surface area contributed by atoms with Crippen LogP contribution in [0.5, 0.6) is 5.75 Å². The van der Waals surface area contributed by atoms with Crippen LogP contribution in [-0.4, -0.2) is 30.4 Å². The number of carbonyl (C=O) groups excluding carboxylic acids is 2. The molecule has 0 saturated carbocycles. The number of furan rings is 1. The maximum Gasteiger partial charge on any atom is 0.418 e. The highest BCUT2D eigenvalue weighted by molar-refractivity contribution is 5.99. The number of alkyl halides is 3. The average molecular weight is 432 g/mol. The fraction of sp³-hybridized carbons (Fsp3) is 0.182. The summed E-state index contributed by atoms with van der Waals surface area (Å²) in [7, 11) is 1.45. The molecule has 0 aliphatic rings. The molecule has 162 valence electrons. The van der Waals surface area contributed by atoms with Gasteiger partial charge in [0.2, 0.25) is 5.91 Å². The van der Waals surface area contributed by atoms with Crippen LogP contribution >= 0.6 is 0 Å². The Balaban J connectivity index is 1.82. The van der Waals surface area contributed by atoms with Crippen molar-refractivity contribution in [2.75, 3.05) is 19.0 Å². The summed E-state index contributed by atoms with van der Waals surface area (Å²) in [4.78, 5) is 26.8. The summed E-state index contributed by atoms with van der Waals surface area (Å²) >= 11 is 0. The van der Waals surface area contributed by atoms with Crippen molar-refractivity contribution in [3.63, 3.8) is 0 Å². The minimum Gasteiger partial charge on any atom is -0.497 e. The molecule has 31 heavy (non-hydrogen) atoms. The van der Waals surface area contributed by atoms with Gasteiger partial charge in [-0.15, -0.1) is 0 Å². The summed E-state index contributed by atoms with van der Waals surface area (Å²) in [6.45, 7) is -0.527. The van der Waals surface area contributed by atoms with Gasteiger partial charge >= 0.3 is 6.18 Å². The minimum atomic E-state index is -4.63. The third-order valence-electron chi connectivity index (χ3n) is 4.37. The van der Waals surface area contributed by atoms with Gasteiger partial charge in [-0.3, -0.25) is 9.59 Å². The van der Waals surface area contributed by atoms with E-state index in [-0.39, 0.29) is 17.8 Å². The molecular formula is C22H19F3N2O4. The molecule has 0 aliphatic carbocycles. The van der Waals surface area contributed by atoms with E-state index in [0.717, 1.165) is 12.1 Å². The summed E-state index contributed by atoms with van der Waals surface area (Å²) in [5.74, 6) is -0.416. The molecule has 1 aromatic heterocycles. The molecule has 0 bridgehead atoms. The van der Waals surface area contributed by atoms with E-state index < -0.39 is 30.1 Å². The lowest BCUT2D eigenvalue weighted by Gasteiger charge is -2.22. The van der Waals surface area contributed by atoms with Gasteiger partial charge in [-0.1, -0.05) is 18.2 Å². The number of para-hydroxylation sites is 1. The molecule has 3 aromatic rings. The smallest absolute Gasteiger partial charge is 0.418 e. The van der Waals surface area contributed by atoms with Crippen LogP contribution in [0, 0.1) is 0 Å². The Labute approximate surface area is 176 Å². The van der Waals surface area contributed by atoms with Crippen LogP contribution in [0.2, 0.25) is 0 Å². The summed E-state index contributed by atoms with van der Waals surface area (Å²) in [5, 5.41) is 2.25. The van der Waals surface area contributed by atoms with E-state index in [1.54, 1.807) is 30.3 Å². The lowest BCUT2D eigenvalue weighted by molar-refractivity contribution is -0.137. The van der Waals surface area contributed by atoms with Crippen LogP contribution in [0.4, 0.5) is 18.9 Å². The number of amides is 2. The Morgan fingerprint density at radius 1 is 1.06 bits per heavy atom. The predicted molar refractivity (Wildman–Crippen MR) is 107 cm³/mol. The van der Waals surface area contributed by atoms with Crippen molar-refractivity contribution in [3.05, 3.63) is 83.8 Å². The molecule has 1 N–H and O–H groups in total. The molecule has 0 spiro atoms. The second-order valence-corrected chi connectivity index (χ2v) is 6.56. The normalized spacial score (nSPS) is 11.1. The first-order chi connectivity index (χ1) is 14.8. The van der Waals surface area contributed by atoms with Crippen LogP contribution < -0.4 is 10.1 Å². The molecule has 0 aliphatic heterocycles. The monoisotopic (exact) mass is 432 g/mol. The topological polar surface area (TPSA) is 71.8 Å². The number of carbonyl (C=O) groups is 2. The van der Waals surface area contributed by atoms with E-state index in [2.05, 4.69) is 5.32 Å². The van der Waals surface area contributed by atoms with Crippen LogP contribution in [-0.2, 0) is 17.5 Å². The van der Waals surface area contributed by atoms with Crippen LogP contribution in [0.3, 0.4) is 0 Å². The summed E-state index contributed by atoms with van der Waals surface area (Å²) < 4.78 is 50.0. The Morgan fingerprint density at radius 3 is 2.52 bits per heavy atom. The molecule has 0 radical (unpaired) electrons. The molecule has 0 unspecified atom stereocenters. The first-order valence-electron chi connectivity index (χ1n) is 9.19. The lowest BCUT2D eigenvalue weighted by Crippen LogP contribution is -2.37. The molecule has 9 heteroatoms. The summed E-state index contributed by atoms with van der Waals surface area (Å²) in [6.07, 6.45) is -3.21. The molecule has 1 heterocycles. The standard InChI is InChI=1S/C22H19F3N2O4/c1-30-16-7-4-6-15(12-16)21(29)27(13-17-8-5-11-31-17)14-20(28)26-19-10-3-2-9-18(19)22(23,24)25/h2-12H,13-14H2,1H3,(H,26,28). The number of benzene rings is 2. The van der Waals surface area contributed by atoms with Crippen LogP contribution in [0.1, 0.15) is 21.7 Å². The lowest BCUT2D eigenvalue weighted by atomic mass is 10.1. The number of rotatable bonds is 7. The quantitative estimate of drug-likeness (QED) is 0.593. The van der Waals surface area contributed by atoms with E-state index >= 15 is 0 Å². The highest BCUT2D eigenvalue weighted by atomic mass is 19.4. The Kier molecular flexibility index (Phi) is 6.64. The van der Waals surface area contributed by atoms with Crippen LogP contribution in [0.25, 0.3) is 0 Å². The van der Waals surface area contributed by atoms with Crippen molar-refractivity contribution < 1.29 is 31.9 Å². The molecule has 2 aromatic carbocycles. The maximum atomic E-state index is 13.2. The number of hydrogen-bond donors (Lipinski definition) is 1. The zero-order chi connectivity index (χ0) is 22.4. The zero-order valence-corrected chi connectivity index (χ0v) is 16.5. The van der Waals surface area contributed by atoms with Gasteiger partial charge in [-0.05, 0) is 42.5 Å². The van der Waals surface area contributed by atoms with E-state index in [1.165, 1.54) is 36.5 Å². The van der Waals surface area contributed by atoms with E-state index in [9.17, 15) is 22.8 Å². The number of anilines is 1. The van der Waals surface area contributed by atoms with Gasteiger partial charge in [-0.25, -0.2) is 0 Å². The van der Waals surface area contributed by atoms with Crippen LogP contribution in [0.15, 0.2) is 71.3 Å². The fourth-order valence-electron chi connectivity index (χ4n) is 2.93. The van der Waals surface area contributed by atoms with Gasteiger partial charge in [0.05, 0.1) is 31.2 Å². The Hall–Kier alpha value is -3.75. The third-order valence-corrected chi connectivity index (χ3v) is 4.37. The number of hydrogen-bond acceptors (Lipinski definition) is 4. The number of halogens is 3. The first-order valence-corrected chi connectivity index (χ1v) is 9.19. The van der Waals surface area contributed by atoms with E-state index in [1.807, 2.05) is 0 Å². The maximum absolute atomic E-state index is 13.2. The fourth-order valence-corrected chi connectivity index (χ4v) is 2.93. The number of ether oxygens (including phenoxy) is 1. The van der Waals surface area contributed by atoms with Gasteiger partial charge in [0.15, 0.2) is 0 Å². The molecule has 2 amide bonds. The number of nitrogens with zero attached hydrogens (tertiary/aromatic N) is 1. The molecule has 6 nitrogen and oxygen atoms in total. The van der Waals surface area contributed by atoms with Crippen molar-refractivity contribution in [1.29, 1.82) is 0 Å². The summed E-state index contributed by atoms with van der Waals surface area (Å²) in [6, 6.07) is 14.2. The van der Waals surface area contributed by atoms with Crippen molar-refractivity contribution in [2.45, 2.75) is 12.7 Å². The van der Waals surface area contributed by atoms with Crippen molar-refractivity contribution in [2.24, 2.45) is 0 Å². The predicted octanol–water partition coefficient (Wildman–Crippen LogP) is 4.59. The second kappa shape index (κ2) is 9.38. The van der Waals surface area contributed by atoms with E-state index in [0.29, 0.717) is 11.5 Å². The Bertz CT molecular complexity index is 1050. The molecule has 0 fully saturated rings. The first kappa shape index (κ1) is 21.9. The van der Waals surface area contributed by atoms with Gasteiger partial charge < -0.3 is 19.4 Å². The van der Waals surface area contributed by atoms with Gasteiger partial charge in [0.1, 0.15) is 18.1 Å². The molecule has 0 atom stereocenters. The second-order valence-electron chi connectivity index (χ2n) is 6.56. The van der Waals surface area contributed by atoms with Crippen molar-refractivity contribution in [3.8, 4) is 5.75 Å². The third kappa shape index (κ3) is 5.65. The number of nitrogens with one attached hydrogen (secondary N) is 1. The molecular weight excluding hydrogens is 413 g/mol. The van der Waals surface area contributed by atoms with Gasteiger partial charge in [0.25, 0.3) is 5.91 Å². The minimum absolute atomic E-state index is 0.0443.